The lowest BCUT2D eigenvalue weighted by Gasteiger charge is -2.25. The summed E-state index contributed by atoms with van der Waals surface area (Å²) in [6.07, 6.45) is 2.97. The van der Waals surface area contributed by atoms with E-state index < -0.39 is 0 Å². The molecular weight excluding hydrogens is 340 g/mol. The molecule has 0 amide bonds. The van der Waals surface area contributed by atoms with E-state index >= 15 is 0 Å². The molecule has 6 heteroatoms. The van der Waals surface area contributed by atoms with Crippen molar-refractivity contribution in [3.8, 4) is 0 Å². The van der Waals surface area contributed by atoms with Gasteiger partial charge in [-0.15, -0.1) is 0 Å². The van der Waals surface area contributed by atoms with E-state index in [1.807, 2.05) is 24.5 Å². The molecule has 1 fully saturated rings. The van der Waals surface area contributed by atoms with Crippen molar-refractivity contribution >= 4 is 34.9 Å². The van der Waals surface area contributed by atoms with Gasteiger partial charge in [-0.05, 0) is 35.1 Å². The molecule has 2 N–H and O–H groups in total. The van der Waals surface area contributed by atoms with Crippen LogP contribution in [-0.4, -0.2) is 29.8 Å². The molecule has 2 unspecified atom stereocenters. The molecule has 124 valence electrons. The van der Waals surface area contributed by atoms with Gasteiger partial charge in [0.15, 0.2) is 0 Å². The fourth-order valence-corrected chi connectivity index (χ4v) is 5.30. The molecule has 0 aromatic heterocycles. The highest BCUT2D eigenvalue weighted by atomic mass is 35.5. The van der Waals surface area contributed by atoms with Gasteiger partial charge in [0.25, 0.3) is 11.3 Å². The molecule has 2 aromatic rings. The first kappa shape index (κ1) is 16.0. The van der Waals surface area contributed by atoms with Crippen LogP contribution in [0.1, 0.15) is 12.0 Å². The number of hydrogen-bond acceptors (Lipinski definition) is 4. The summed E-state index contributed by atoms with van der Waals surface area (Å²) in [6.45, 7) is 2.96. The van der Waals surface area contributed by atoms with Crippen LogP contribution in [0.25, 0.3) is 0 Å². The Bertz CT molecular complexity index is 731. The Morgan fingerprint density at radius 2 is 2.08 bits per heavy atom. The molecule has 0 bridgehead atoms. The molecule has 0 radical (unpaired) electrons. The van der Waals surface area contributed by atoms with Gasteiger partial charge in [0.2, 0.25) is 4.90 Å². The van der Waals surface area contributed by atoms with Gasteiger partial charge >= 0.3 is 0 Å². The minimum absolute atomic E-state index is 0.342. The molecule has 2 aromatic carbocycles. The largest absolute Gasteiger partial charge is 0.338 e. The van der Waals surface area contributed by atoms with Crippen LogP contribution in [0.2, 0.25) is 5.02 Å². The lowest BCUT2D eigenvalue weighted by atomic mass is 10.2. The summed E-state index contributed by atoms with van der Waals surface area (Å²) in [5.74, 6) is 0. The maximum Gasteiger partial charge on any atom is 0.263 e. The van der Waals surface area contributed by atoms with Gasteiger partial charge in [0.05, 0.1) is 12.6 Å². The van der Waals surface area contributed by atoms with Gasteiger partial charge in [0, 0.05) is 17.6 Å². The predicted molar refractivity (Wildman–Crippen MR) is 102 cm³/mol. The molecule has 2 aliphatic rings. The lowest BCUT2D eigenvalue weighted by molar-refractivity contribution is 0.358. The fourth-order valence-electron chi connectivity index (χ4n) is 3.14. The smallest absolute Gasteiger partial charge is 0.263 e. The zero-order valence-electron chi connectivity index (χ0n) is 13.3. The average Bonchev–Trinajstić information content (AvgIpc) is 3.14. The van der Waals surface area contributed by atoms with Crippen LogP contribution in [0.15, 0.2) is 57.8 Å². The van der Waals surface area contributed by atoms with Gasteiger partial charge in [-0.1, -0.05) is 46.2 Å². The number of benzene rings is 2. The SMILES string of the molecule is Clc1ccc2c(c1)[S+](N(Cc1ccccc1)C1CCNC1)N=CN2. The molecule has 1 saturated heterocycles. The van der Waals surface area contributed by atoms with E-state index in [1.54, 1.807) is 0 Å². The summed E-state index contributed by atoms with van der Waals surface area (Å²) in [7, 11) is 0. The minimum Gasteiger partial charge on any atom is -0.338 e. The maximum absolute atomic E-state index is 6.26. The number of rotatable bonds is 4. The average molecular weight is 360 g/mol. The topological polar surface area (TPSA) is 39.7 Å². The molecular formula is C18H20ClN4S+. The molecule has 2 aliphatic heterocycles. The van der Waals surface area contributed by atoms with E-state index in [1.165, 1.54) is 10.5 Å². The van der Waals surface area contributed by atoms with Crippen LogP contribution in [0.4, 0.5) is 5.69 Å². The third-order valence-corrected chi connectivity index (χ3v) is 6.50. The second-order valence-electron chi connectivity index (χ2n) is 5.99. The molecule has 4 rings (SSSR count). The van der Waals surface area contributed by atoms with Crippen molar-refractivity contribution in [2.24, 2.45) is 4.40 Å². The highest BCUT2D eigenvalue weighted by Gasteiger charge is 2.42. The Morgan fingerprint density at radius 3 is 2.88 bits per heavy atom. The molecule has 2 heterocycles. The van der Waals surface area contributed by atoms with Gasteiger partial charge < -0.3 is 10.6 Å². The van der Waals surface area contributed by atoms with Crippen molar-refractivity contribution in [3.05, 3.63) is 59.1 Å². The molecule has 4 nitrogen and oxygen atoms in total. The second kappa shape index (κ2) is 7.15. The summed E-state index contributed by atoms with van der Waals surface area (Å²) in [5, 5.41) is 7.48. The van der Waals surface area contributed by atoms with Crippen molar-refractivity contribution in [3.63, 3.8) is 0 Å². The van der Waals surface area contributed by atoms with Crippen molar-refractivity contribution in [1.29, 1.82) is 0 Å². The number of anilines is 1. The maximum atomic E-state index is 6.26. The van der Waals surface area contributed by atoms with Crippen molar-refractivity contribution in [1.82, 2.24) is 9.62 Å². The highest BCUT2D eigenvalue weighted by Crippen LogP contribution is 2.34. The number of hydrogen-bond donors (Lipinski definition) is 2. The van der Waals surface area contributed by atoms with Crippen molar-refractivity contribution < 1.29 is 0 Å². The summed E-state index contributed by atoms with van der Waals surface area (Å²) in [6, 6.07) is 17.1. The summed E-state index contributed by atoms with van der Waals surface area (Å²) in [4.78, 5) is 1.17. The number of halogens is 1. The Morgan fingerprint density at radius 1 is 1.21 bits per heavy atom. The van der Waals surface area contributed by atoms with Gasteiger partial charge in [-0.2, -0.15) is 0 Å². The Balaban J connectivity index is 1.69. The van der Waals surface area contributed by atoms with Crippen LogP contribution < -0.4 is 10.6 Å². The van der Waals surface area contributed by atoms with Crippen LogP contribution in [-0.2, 0) is 17.8 Å². The summed E-state index contributed by atoms with van der Waals surface area (Å²) < 4.78 is 7.30. The van der Waals surface area contributed by atoms with E-state index in [0.717, 1.165) is 36.8 Å². The first-order chi connectivity index (χ1) is 11.8. The Hall–Kier alpha value is -1.53. The van der Waals surface area contributed by atoms with E-state index in [2.05, 4.69) is 45.3 Å². The van der Waals surface area contributed by atoms with Gasteiger partial charge in [-0.25, -0.2) is 0 Å². The molecule has 24 heavy (non-hydrogen) atoms. The summed E-state index contributed by atoms with van der Waals surface area (Å²) >= 11 is 5.92. The van der Waals surface area contributed by atoms with Crippen molar-refractivity contribution in [2.45, 2.75) is 23.9 Å². The Labute approximate surface area is 150 Å². The molecule has 0 saturated carbocycles. The molecule has 0 aliphatic carbocycles. The zero-order chi connectivity index (χ0) is 16.4. The van der Waals surface area contributed by atoms with E-state index in [0.29, 0.717) is 6.04 Å². The quantitative estimate of drug-likeness (QED) is 0.821. The summed E-state index contributed by atoms with van der Waals surface area (Å²) in [5.41, 5.74) is 2.41. The lowest BCUT2D eigenvalue weighted by Crippen LogP contribution is -2.41. The van der Waals surface area contributed by atoms with Crippen LogP contribution in [0, 0.1) is 0 Å². The number of nitrogens with one attached hydrogen (secondary N) is 2. The predicted octanol–water partition coefficient (Wildman–Crippen LogP) is 3.47. The third-order valence-electron chi connectivity index (χ3n) is 4.36. The first-order valence-corrected chi connectivity index (χ1v) is 9.67. The normalized spacial score (nSPS) is 22.4. The molecule has 0 spiro atoms. The monoisotopic (exact) mass is 359 g/mol. The molecule has 2 atom stereocenters. The van der Waals surface area contributed by atoms with Crippen LogP contribution in [0.3, 0.4) is 0 Å². The van der Waals surface area contributed by atoms with E-state index in [4.69, 9.17) is 16.0 Å². The highest BCUT2D eigenvalue weighted by molar-refractivity contribution is 7.93. The van der Waals surface area contributed by atoms with E-state index in [9.17, 15) is 0 Å². The van der Waals surface area contributed by atoms with Gasteiger partial charge in [-0.3, -0.25) is 0 Å². The number of fused-ring (bicyclic) bond motifs is 1. The Kier molecular flexibility index (Phi) is 4.76. The standard InChI is InChI=1S/C18H20ClN4S/c19-15-6-7-17-18(10-15)24(22-13-21-17)23(16-8-9-20-11-16)12-14-4-2-1-3-5-14/h1-7,10,13,16,20H,8-9,11-12H2,(H,21,22)/q+1. The van der Waals surface area contributed by atoms with Crippen LogP contribution >= 0.6 is 11.6 Å². The van der Waals surface area contributed by atoms with Crippen LogP contribution in [0.5, 0.6) is 0 Å². The fraction of sp³-hybridized carbons (Fsp3) is 0.278. The van der Waals surface area contributed by atoms with Crippen molar-refractivity contribution in [2.75, 3.05) is 18.4 Å². The third kappa shape index (κ3) is 3.30. The first-order valence-electron chi connectivity index (χ1n) is 8.16. The van der Waals surface area contributed by atoms with E-state index in [-0.39, 0.29) is 11.3 Å². The number of nitrogens with zero attached hydrogens (tertiary/aromatic N) is 2. The zero-order valence-corrected chi connectivity index (χ0v) is 14.9. The second-order valence-corrected chi connectivity index (χ2v) is 8.08. The minimum atomic E-state index is -0.342. The van der Waals surface area contributed by atoms with Gasteiger partial charge in [0.1, 0.15) is 12.0 Å².